The maximum atomic E-state index is 11.6. The maximum Gasteiger partial charge on any atom is 0.214 e. The van der Waals surface area contributed by atoms with Crippen molar-refractivity contribution in [3.05, 3.63) is 100 Å². The van der Waals surface area contributed by atoms with Crippen molar-refractivity contribution >= 4 is 10.9 Å². The summed E-state index contributed by atoms with van der Waals surface area (Å²) in [6.45, 7) is -0.186. The third kappa shape index (κ3) is 3.34. The van der Waals surface area contributed by atoms with Crippen LogP contribution in [0.25, 0.3) is 22.2 Å². The first-order valence-corrected chi connectivity index (χ1v) is 9.09. The third-order valence-electron chi connectivity index (χ3n) is 5.01. The SMILES string of the molecule is COc1ccc([C@H](C[N+](=O)[O-])c2c(-c3ccccc3)[nH]c3ccccc23)cc1. The van der Waals surface area contributed by atoms with Gasteiger partial charge in [-0.15, -0.1) is 0 Å². The van der Waals surface area contributed by atoms with Gasteiger partial charge in [-0.3, -0.25) is 10.1 Å². The lowest BCUT2D eigenvalue weighted by Crippen LogP contribution is -2.14. The molecule has 0 aliphatic rings. The molecule has 28 heavy (non-hydrogen) atoms. The Hall–Kier alpha value is -3.60. The predicted molar refractivity (Wildman–Crippen MR) is 110 cm³/mol. The number of methoxy groups -OCH3 is 1. The first-order chi connectivity index (χ1) is 13.7. The second-order valence-electron chi connectivity index (χ2n) is 6.67. The summed E-state index contributed by atoms with van der Waals surface area (Å²) in [5, 5.41) is 12.6. The first kappa shape index (κ1) is 17.8. The zero-order valence-corrected chi connectivity index (χ0v) is 15.5. The smallest absolute Gasteiger partial charge is 0.214 e. The number of rotatable bonds is 6. The second-order valence-corrected chi connectivity index (χ2v) is 6.67. The van der Waals surface area contributed by atoms with Crippen LogP contribution in [0.1, 0.15) is 17.0 Å². The normalized spacial score (nSPS) is 12.0. The van der Waals surface area contributed by atoms with Crippen LogP contribution in [0.5, 0.6) is 5.75 Å². The summed E-state index contributed by atoms with van der Waals surface area (Å²) in [7, 11) is 1.61. The molecule has 0 saturated carbocycles. The number of para-hydroxylation sites is 1. The van der Waals surface area contributed by atoms with Gasteiger partial charge in [-0.25, -0.2) is 0 Å². The van der Waals surface area contributed by atoms with Crippen molar-refractivity contribution in [2.45, 2.75) is 5.92 Å². The largest absolute Gasteiger partial charge is 0.497 e. The number of nitrogens with zero attached hydrogens (tertiary/aromatic N) is 1. The summed E-state index contributed by atoms with van der Waals surface area (Å²) < 4.78 is 5.24. The molecule has 1 heterocycles. The van der Waals surface area contributed by atoms with Gasteiger partial charge in [0, 0.05) is 15.8 Å². The molecule has 0 radical (unpaired) electrons. The van der Waals surface area contributed by atoms with Crippen LogP contribution in [-0.4, -0.2) is 23.6 Å². The van der Waals surface area contributed by atoms with Crippen LogP contribution in [0.2, 0.25) is 0 Å². The van der Waals surface area contributed by atoms with Crippen molar-refractivity contribution in [2.75, 3.05) is 13.7 Å². The number of benzene rings is 3. The number of nitro groups is 1. The van der Waals surface area contributed by atoms with Gasteiger partial charge in [0.05, 0.1) is 18.7 Å². The van der Waals surface area contributed by atoms with Crippen LogP contribution in [0.15, 0.2) is 78.9 Å². The number of aromatic nitrogens is 1. The fraction of sp³-hybridized carbons (Fsp3) is 0.130. The molecule has 1 N–H and O–H groups in total. The Morgan fingerprint density at radius 2 is 1.64 bits per heavy atom. The quantitative estimate of drug-likeness (QED) is 0.371. The minimum Gasteiger partial charge on any atom is -0.497 e. The third-order valence-corrected chi connectivity index (χ3v) is 5.01. The standard InChI is InChI=1S/C23H20N2O3/c1-28-18-13-11-16(12-14-18)20(15-25(26)27)22-19-9-5-6-10-21(19)24-23(22)17-7-3-2-4-8-17/h2-14,20,24H,15H2,1H3/t20-/m0/s1. The van der Waals surface area contributed by atoms with E-state index in [4.69, 9.17) is 4.74 Å². The van der Waals surface area contributed by atoms with Crippen molar-refractivity contribution in [1.82, 2.24) is 4.98 Å². The minimum absolute atomic E-state index is 0.186. The molecule has 0 amide bonds. The molecule has 3 aromatic carbocycles. The van der Waals surface area contributed by atoms with E-state index in [1.54, 1.807) is 7.11 Å². The highest BCUT2D eigenvalue weighted by atomic mass is 16.6. The Bertz CT molecular complexity index is 1100. The average molecular weight is 372 g/mol. The molecule has 0 aliphatic heterocycles. The molecular formula is C23H20N2O3. The maximum absolute atomic E-state index is 11.6. The van der Waals surface area contributed by atoms with Crippen LogP contribution in [0.4, 0.5) is 0 Å². The molecule has 4 aromatic rings. The first-order valence-electron chi connectivity index (χ1n) is 9.09. The summed E-state index contributed by atoms with van der Waals surface area (Å²) in [5.74, 6) is 0.345. The molecule has 4 rings (SSSR count). The highest BCUT2D eigenvalue weighted by molar-refractivity contribution is 5.92. The summed E-state index contributed by atoms with van der Waals surface area (Å²) in [4.78, 5) is 14.8. The van der Waals surface area contributed by atoms with Gasteiger partial charge in [0.25, 0.3) is 0 Å². The van der Waals surface area contributed by atoms with Crippen LogP contribution < -0.4 is 4.74 Å². The van der Waals surface area contributed by atoms with E-state index in [1.165, 1.54) is 0 Å². The fourth-order valence-electron chi connectivity index (χ4n) is 3.71. The Morgan fingerprint density at radius 1 is 0.964 bits per heavy atom. The molecule has 140 valence electrons. The van der Waals surface area contributed by atoms with Gasteiger partial charge in [0.15, 0.2) is 0 Å². The predicted octanol–water partition coefficient (Wildman–Crippen LogP) is 5.25. The average Bonchev–Trinajstić information content (AvgIpc) is 3.12. The van der Waals surface area contributed by atoms with Crippen molar-refractivity contribution < 1.29 is 9.66 Å². The van der Waals surface area contributed by atoms with Gasteiger partial charge in [-0.2, -0.15) is 0 Å². The second kappa shape index (κ2) is 7.56. The van der Waals surface area contributed by atoms with Crippen molar-refractivity contribution in [2.24, 2.45) is 0 Å². The lowest BCUT2D eigenvalue weighted by Gasteiger charge is -2.16. The molecule has 0 fully saturated rings. The number of nitrogens with one attached hydrogen (secondary N) is 1. The molecule has 0 aliphatic carbocycles. The van der Waals surface area contributed by atoms with E-state index < -0.39 is 0 Å². The highest BCUT2D eigenvalue weighted by Crippen LogP contribution is 2.39. The molecule has 5 nitrogen and oxygen atoms in total. The Morgan fingerprint density at radius 3 is 2.32 bits per heavy atom. The number of aromatic amines is 1. The van der Waals surface area contributed by atoms with Crippen LogP contribution in [-0.2, 0) is 0 Å². The molecule has 0 unspecified atom stereocenters. The molecule has 5 heteroatoms. The van der Waals surface area contributed by atoms with Crippen LogP contribution in [0.3, 0.4) is 0 Å². The van der Waals surface area contributed by atoms with Crippen LogP contribution >= 0.6 is 0 Å². The van der Waals surface area contributed by atoms with Gasteiger partial charge >= 0.3 is 0 Å². The van der Waals surface area contributed by atoms with E-state index in [9.17, 15) is 10.1 Å². The van der Waals surface area contributed by atoms with E-state index in [0.717, 1.165) is 39.0 Å². The molecule has 0 saturated heterocycles. The zero-order valence-electron chi connectivity index (χ0n) is 15.5. The van der Waals surface area contributed by atoms with Crippen molar-refractivity contribution in [3.63, 3.8) is 0 Å². The van der Waals surface area contributed by atoms with E-state index >= 15 is 0 Å². The summed E-state index contributed by atoms with van der Waals surface area (Å²) >= 11 is 0. The number of H-pyrrole nitrogens is 1. The number of hydrogen-bond acceptors (Lipinski definition) is 3. The molecule has 0 spiro atoms. The Kier molecular flexibility index (Phi) is 4.81. The van der Waals surface area contributed by atoms with Crippen LogP contribution in [0, 0.1) is 10.1 Å². The number of ether oxygens (including phenoxy) is 1. The van der Waals surface area contributed by atoms with Gasteiger partial charge in [-0.1, -0.05) is 60.7 Å². The van der Waals surface area contributed by atoms with Gasteiger partial charge in [0.1, 0.15) is 5.75 Å². The van der Waals surface area contributed by atoms with E-state index in [0.29, 0.717) is 0 Å². The topological polar surface area (TPSA) is 68.2 Å². The number of fused-ring (bicyclic) bond motifs is 1. The fourth-order valence-corrected chi connectivity index (χ4v) is 3.71. The Balaban J connectivity index is 1.95. The lowest BCUT2D eigenvalue weighted by molar-refractivity contribution is -0.481. The molecule has 1 atom stereocenters. The zero-order chi connectivity index (χ0) is 19.5. The Labute approximate surface area is 162 Å². The molecule has 0 bridgehead atoms. The molecule has 1 aromatic heterocycles. The minimum atomic E-state index is -0.382. The summed E-state index contributed by atoms with van der Waals surface area (Å²) in [5.41, 5.74) is 4.74. The van der Waals surface area contributed by atoms with E-state index in [2.05, 4.69) is 4.98 Å². The van der Waals surface area contributed by atoms with E-state index in [-0.39, 0.29) is 17.4 Å². The van der Waals surface area contributed by atoms with Crippen molar-refractivity contribution in [3.8, 4) is 17.0 Å². The lowest BCUT2D eigenvalue weighted by atomic mass is 9.87. The molecular weight excluding hydrogens is 352 g/mol. The van der Waals surface area contributed by atoms with Gasteiger partial charge in [0.2, 0.25) is 6.54 Å². The van der Waals surface area contributed by atoms with Gasteiger partial charge in [-0.05, 0) is 34.9 Å². The van der Waals surface area contributed by atoms with Crippen molar-refractivity contribution in [1.29, 1.82) is 0 Å². The van der Waals surface area contributed by atoms with Gasteiger partial charge < -0.3 is 9.72 Å². The monoisotopic (exact) mass is 372 g/mol. The summed E-state index contributed by atoms with van der Waals surface area (Å²) in [6.07, 6.45) is 0. The number of hydrogen-bond donors (Lipinski definition) is 1. The van der Waals surface area contributed by atoms with E-state index in [1.807, 2.05) is 78.9 Å². The summed E-state index contributed by atoms with van der Waals surface area (Å²) in [6, 6.07) is 25.4. The highest BCUT2D eigenvalue weighted by Gasteiger charge is 2.27.